The van der Waals surface area contributed by atoms with Crippen LogP contribution in [0.4, 0.5) is 0 Å². The molecule has 0 spiro atoms. The average Bonchev–Trinajstić information content (AvgIpc) is 2.40. The zero-order chi connectivity index (χ0) is 10.6. The summed E-state index contributed by atoms with van der Waals surface area (Å²) in [7, 11) is 0. The van der Waals surface area contributed by atoms with Crippen LogP contribution in [0.5, 0.6) is 0 Å². The fraction of sp³-hybridized carbons (Fsp3) is 0.636. The Bertz CT molecular complexity index is 257. The molecule has 0 aromatic rings. The molecule has 1 fully saturated rings. The fourth-order valence-electron chi connectivity index (χ4n) is 1.84. The quantitative estimate of drug-likeness (QED) is 0.384. The highest BCUT2D eigenvalue weighted by molar-refractivity contribution is 5.97. The topological polar surface area (TPSA) is 43.4 Å². The number of carbonyl (C=O) groups is 2. The van der Waals surface area contributed by atoms with Gasteiger partial charge in [0, 0.05) is 0 Å². The van der Waals surface area contributed by atoms with Crippen molar-refractivity contribution >= 4 is 11.9 Å². The number of esters is 2. The first kappa shape index (κ1) is 11.0. The van der Waals surface area contributed by atoms with Crippen molar-refractivity contribution in [3.8, 4) is 0 Å². The monoisotopic (exact) mass is 196 g/mol. The predicted octanol–water partition coefficient (Wildman–Crippen LogP) is 2.21. The first-order chi connectivity index (χ1) is 6.64. The third kappa shape index (κ3) is 2.03. The number of rotatable bonds is 5. The molecule has 14 heavy (non-hydrogen) atoms. The second-order valence-electron chi connectivity index (χ2n) is 3.81. The molecule has 78 valence electrons. The largest absolute Gasteiger partial charge is 0.393 e. The third-order valence-corrected chi connectivity index (χ3v) is 2.67. The molecule has 1 unspecified atom stereocenters. The number of hydrogen-bond donors (Lipinski definition) is 0. The summed E-state index contributed by atoms with van der Waals surface area (Å²) in [6, 6.07) is 0. The molecule has 0 aromatic carbocycles. The van der Waals surface area contributed by atoms with Gasteiger partial charge in [-0.05, 0) is 12.8 Å². The summed E-state index contributed by atoms with van der Waals surface area (Å²) in [5.41, 5.74) is -0.602. The van der Waals surface area contributed by atoms with Crippen LogP contribution in [0.2, 0.25) is 0 Å². The summed E-state index contributed by atoms with van der Waals surface area (Å²) in [6.07, 6.45) is 5.13. The molecular formula is C11H16O3. The average molecular weight is 196 g/mol. The van der Waals surface area contributed by atoms with Gasteiger partial charge in [0.25, 0.3) is 0 Å². The van der Waals surface area contributed by atoms with Gasteiger partial charge in [-0.3, -0.25) is 9.59 Å². The minimum atomic E-state index is -0.602. The molecule has 0 bridgehead atoms. The molecule has 1 aliphatic heterocycles. The Morgan fingerprint density at radius 1 is 1.57 bits per heavy atom. The summed E-state index contributed by atoms with van der Waals surface area (Å²) in [5.74, 6) is -0.760. The van der Waals surface area contributed by atoms with Crippen LogP contribution in [0.25, 0.3) is 0 Å². The van der Waals surface area contributed by atoms with Crippen molar-refractivity contribution in [1.29, 1.82) is 0 Å². The van der Waals surface area contributed by atoms with E-state index in [9.17, 15) is 9.59 Å². The van der Waals surface area contributed by atoms with Gasteiger partial charge < -0.3 is 4.74 Å². The lowest BCUT2D eigenvalue weighted by Crippen LogP contribution is -2.25. The smallest absolute Gasteiger partial charge is 0.320 e. The zero-order valence-electron chi connectivity index (χ0n) is 8.54. The van der Waals surface area contributed by atoms with Gasteiger partial charge in [0.05, 0.1) is 11.8 Å². The SMILES string of the molecule is C=CCC1(CCCC)CC(=O)OC1=O. The summed E-state index contributed by atoms with van der Waals surface area (Å²) >= 11 is 0. The van der Waals surface area contributed by atoms with Gasteiger partial charge in [-0.2, -0.15) is 0 Å². The van der Waals surface area contributed by atoms with Crippen molar-refractivity contribution in [2.75, 3.05) is 0 Å². The van der Waals surface area contributed by atoms with Gasteiger partial charge in [0.2, 0.25) is 0 Å². The van der Waals surface area contributed by atoms with Crippen molar-refractivity contribution < 1.29 is 14.3 Å². The fourth-order valence-corrected chi connectivity index (χ4v) is 1.84. The number of hydrogen-bond acceptors (Lipinski definition) is 3. The van der Waals surface area contributed by atoms with Crippen LogP contribution in [-0.2, 0) is 14.3 Å². The standard InChI is InChI=1S/C11H16O3/c1-3-5-7-11(6-4-2)8-9(12)14-10(11)13/h4H,2-3,5-8H2,1H3. The Balaban J connectivity index is 2.75. The van der Waals surface area contributed by atoms with E-state index in [2.05, 4.69) is 18.2 Å². The van der Waals surface area contributed by atoms with E-state index in [0.717, 1.165) is 19.3 Å². The van der Waals surface area contributed by atoms with Crippen LogP contribution in [0, 0.1) is 5.41 Å². The second kappa shape index (κ2) is 4.40. The van der Waals surface area contributed by atoms with E-state index in [4.69, 9.17) is 0 Å². The van der Waals surface area contributed by atoms with Gasteiger partial charge in [-0.15, -0.1) is 6.58 Å². The molecule has 0 aromatic heterocycles. The normalized spacial score (nSPS) is 26.4. The summed E-state index contributed by atoms with van der Waals surface area (Å²) in [5, 5.41) is 0. The van der Waals surface area contributed by atoms with Gasteiger partial charge >= 0.3 is 11.9 Å². The molecule has 0 aliphatic carbocycles. The maximum Gasteiger partial charge on any atom is 0.320 e. The van der Waals surface area contributed by atoms with E-state index in [1.807, 2.05) is 0 Å². The molecule has 1 atom stereocenters. The van der Waals surface area contributed by atoms with Crippen LogP contribution < -0.4 is 0 Å². The van der Waals surface area contributed by atoms with Crippen molar-refractivity contribution in [3.05, 3.63) is 12.7 Å². The lowest BCUT2D eigenvalue weighted by molar-refractivity contribution is -0.155. The molecule has 0 amide bonds. The Labute approximate surface area is 84.1 Å². The highest BCUT2D eigenvalue weighted by Crippen LogP contribution is 2.39. The molecule has 0 N–H and O–H groups in total. The van der Waals surface area contributed by atoms with Gasteiger partial charge in [-0.25, -0.2) is 0 Å². The lowest BCUT2D eigenvalue weighted by atomic mass is 9.78. The zero-order valence-corrected chi connectivity index (χ0v) is 8.54. The van der Waals surface area contributed by atoms with Crippen LogP contribution in [-0.4, -0.2) is 11.9 Å². The molecule has 1 aliphatic rings. The van der Waals surface area contributed by atoms with E-state index in [1.165, 1.54) is 0 Å². The van der Waals surface area contributed by atoms with Crippen LogP contribution in [0.15, 0.2) is 12.7 Å². The second-order valence-corrected chi connectivity index (χ2v) is 3.81. The molecule has 3 nitrogen and oxygen atoms in total. The van der Waals surface area contributed by atoms with Crippen LogP contribution in [0.3, 0.4) is 0 Å². The van der Waals surface area contributed by atoms with E-state index in [1.54, 1.807) is 6.08 Å². The van der Waals surface area contributed by atoms with Crippen LogP contribution in [0.1, 0.15) is 39.0 Å². The van der Waals surface area contributed by atoms with Crippen molar-refractivity contribution in [2.45, 2.75) is 39.0 Å². The highest BCUT2D eigenvalue weighted by Gasteiger charge is 2.47. The van der Waals surface area contributed by atoms with Crippen LogP contribution >= 0.6 is 0 Å². The summed E-state index contributed by atoms with van der Waals surface area (Å²) < 4.78 is 4.60. The molecule has 0 radical (unpaired) electrons. The lowest BCUT2D eigenvalue weighted by Gasteiger charge is -2.21. The molecule has 0 saturated carbocycles. The first-order valence-corrected chi connectivity index (χ1v) is 5.00. The van der Waals surface area contributed by atoms with Gasteiger partial charge in [-0.1, -0.05) is 25.8 Å². The van der Waals surface area contributed by atoms with E-state index < -0.39 is 11.4 Å². The number of unbranched alkanes of at least 4 members (excludes halogenated alkanes) is 1. The predicted molar refractivity (Wildman–Crippen MR) is 52.5 cm³/mol. The van der Waals surface area contributed by atoms with E-state index in [0.29, 0.717) is 6.42 Å². The number of ether oxygens (including phenoxy) is 1. The minimum Gasteiger partial charge on any atom is -0.393 e. The van der Waals surface area contributed by atoms with Gasteiger partial charge in [0.1, 0.15) is 0 Å². The first-order valence-electron chi connectivity index (χ1n) is 5.00. The Kier molecular flexibility index (Phi) is 3.44. The molecule has 1 heterocycles. The van der Waals surface area contributed by atoms with Crippen molar-refractivity contribution in [1.82, 2.24) is 0 Å². The minimum absolute atomic E-state index is 0.220. The number of cyclic esters (lactones) is 2. The Morgan fingerprint density at radius 3 is 2.71 bits per heavy atom. The van der Waals surface area contributed by atoms with Gasteiger partial charge in [0.15, 0.2) is 0 Å². The maximum absolute atomic E-state index is 11.5. The molecule has 1 saturated heterocycles. The Morgan fingerprint density at radius 2 is 2.29 bits per heavy atom. The summed E-state index contributed by atoms with van der Waals surface area (Å²) in [4.78, 5) is 22.5. The van der Waals surface area contributed by atoms with E-state index >= 15 is 0 Å². The Hall–Kier alpha value is -1.12. The molecule has 1 rings (SSSR count). The molecule has 3 heteroatoms. The van der Waals surface area contributed by atoms with Crippen molar-refractivity contribution in [2.24, 2.45) is 5.41 Å². The third-order valence-electron chi connectivity index (χ3n) is 2.67. The van der Waals surface area contributed by atoms with E-state index in [-0.39, 0.29) is 12.4 Å². The van der Waals surface area contributed by atoms with Crippen molar-refractivity contribution in [3.63, 3.8) is 0 Å². The summed E-state index contributed by atoms with van der Waals surface area (Å²) in [6.45, 7) is 5.68. The molecular weight excluding hydrogens is 180 g/mol. The number of carbonyl (C=O) groups excluding carboxylic acids is 2. The highest BCUT2D eigenvalue weighted by atomic mass is 16.6. The maximum atomic E-state index is 11.5. The number of allylic oxidation sites excluding steroid dienone is 1.